The van der Waals surface area contributed by atoms with Crippen molar-refractivity contribution in [3.8, 4) is 0 Å². The van der Waals surface area contributed by atoms with E-state index in [2.05, 4.69) is 41.4 Å². The summed E-state index contributed by atoms with van der Waals surface area (Å²) in [6.45, 7) is 7.85. The first-order valence-corrected chi connectivity index (χ1v) is 12.4. The number of aliphatic hydroxyl groups is 1. The van der Waals surface area contributed by atoms with E-state index in [0.29, 0.717) is 29.7 Å². The molecule has 3 rings (SSSR count). The molecule has 2 heterocycles. The minimum atomic E-state index is -0.0872. The summed E-state index contributed by atoms with van der Waals surface area (Å²) in [6, 6.07) is 8.03. The topological polar surface area (TPSA) is 100 Å². The van der Waals surface area contributed by atoms with Crippen LogP contribution in [0.15, 0.2) is 45.3 Å². The van der Waals surface area contributed by atoms with Crippen molar-refractivity contribution in [3.63, 3.8) is 0 Å². The second kappa shape index (κ2) is 13.1. The Morgan fingerprint density at radius 1 is 1.12 bits per heavy atom. The van der Waals surface area contributed by atoms with E-state index >= 15 is 0 Å². The molecule has 0 radical (unpaired) electrons. The molecule has 0 bridgehead atoms. The molecule has 10 heteroatoms. The zero-order valence-corrected chi connectivity index (χ0v) is 21.5. The number of nitrogens with zero attached hydrogens (tertiary/aromatic N) is 2. The Labute approximate surface area is 209 Å². The highest BCUT2D eigenvalue weighted by molar-refractivity contribution is 8.00. The number of hydrogen-bond acceptors (Lipinski definition) is 8. The molecule has 3 N–H and O–H groups in total. The predicted molar refractivity (Wildman–Crippen MR) is 137 cm³/mol. The van der Waals surface area contributed by atoms with Crippen LogP contribution in [0.5, 0.6) is 0 Å². The third-order valence-electron chi connectivity index (χ3n) is 4.63. The number of thioether (sulfide) groups is 1. The van der Waals surface area contributed by atoms with Gasteiger partial charge in [-0.05, 0) is 24.1 Å². The van der Waals surface area contributed by atoms with Crippen LogP contribution in [0.1, 0.15) is 43.5 Å². The van der Waals surface area contributed by atoms with E-state index in [4.69, 9.17) is 9.52 Å². The van der Waals surface area contributed by atoms with Crippen LogP contribution in [0.25, 0.3) is 0 Å². The average molecular weight is 511 g/mol. The molecule has 0 atom stereocenters. The number of halogens is 1. The summed E-state index contributed by atoms with van der Waals surface area (Å²) in [5.74, 6) is 2.09. The average Bonchev–Trinajstić information content (AvgIpc) is 3.40. The van der Waals surface area contributed by atoms with Crippen molar-refractivity contribution in [1.82, 2.24) is 15.3 Å². The summed E-state index contributed by atoms with van der Waals surface area (Å²) in [6.07, 6.45) is 4.74. The van der Waals surface area contributed by atoms with Gasteiger partial charge in [0.15, 0.2) is 5.13 Å². The van der Waals surface area contributed by atoms with Crippen LogP contribution in [-0.4, -0.2) is 40.7 Å². The van der Waals surface area contributed by atoms with E-state index in [1.165, 1.54) is 16.9 Å². The number of thiazole rings is 1. The molecule has 0 aliphatic carbocycles. The number of carbonyl (C=O) groups is 1. The first-order chi connectivity index (χ1) is 15.3. The maximum Gasteiger partial charge on any atom is 0.230 e. The summed E-state index contributed by atoms with van der Waals surface area (Å²) in [4.78, 5) is 21.0. The summed E-state index contributed by atoms with van der Waals surface area (Å²) >= 11 is 3.03. The standard InChI is InChI=1S/C23H30N4O3S2.ClH/c1-23(2,3)18-13-25-20(30-18)15-31-21-14-26-22(32-21)27-19(29)12-17-6-4-16(5-7-17)8-9-24-10-11-28;/h4-7,13-14,24,28H,8-12,15H2,1-3H3,(H,26,27,29);1H. The Morgan fingerprint density at radius 2 is 1.85 bits per heavy atom. The predicted octanol–water partition coefficient (Wildman–Crippen LogP) is 4.45. The highest BCUT2D eigenvalue weighted by Gasteiger charge is 2.19. The van der Waals surface area contributed by atoms with E-state index in [1.807, 2.05) is 24.3 Å². The molecular weight excluding hydrogens is 480 g/mol. The molecule has 180 valence electrons. The van der Waals surface area contributed by atoms with Crippen molar-refractivity contribution >= 4 is 46.5 Å². The molecule has 0 saturated heterocycles. The fourth-order valence-electron chi connectivity index (χ4n) is 2.85. The zero-order chi connectivity index (χ0) is 23.0. The highest BCUT2D eigenvalue weighted by Crippen LogP contribution is 2.31. The molecular formula is C23H31ClN4O3S2. The quantitative estimate of drug-likeness (QED) is 0.259. The molecule has 2 aromatic heterocycles. The number of aliphatic hydroxyl groups excluding tert-OH is 1. The smallest absolute Gasteiger partial charge is 0.230 e. The van der Waals surface area contributed by atoms with Gasteiger partial charge in [0.05, 0.1) is 35.4 Å². The van der Waals surface area contributed by atoms with E-state index in [0.717, 1.165) is 28.5 Å². The fourth-order valence-corrected chi connectivity index (χ4v) is 4.59. The van der Waals surface area contributed by atoms with Crippen LogP contribution >= 0.6 is 35.5 Å². The Hall–Kier alpha value is -1.91. The van der Waals surface area contributed by atoms with Crippen molar-refractivity contribution in [1.29, 1.82) is 0 Å². The monoisotopic (exact) mass is 510 g/mol. The molecule has 0 saturated carbocycles. The van der Waals surface area contributed by atoms with Crippen molar-refractivity contribution < 1.29 is 14.3 Å². The number of hydrogen-bond donors (Lipinski definition) is 3. The van der Waals surface area contributed by atoms with Crippen LogP contribution in [0.2, 0.25) is 0 Å². The van der Waals surface area contributed by atoms with E-state index in [1.54, 1.807) is 24.2 Å². The van der Waals surface area contributed by atoms with Crippen LogP contribution in [0.3, 0.4) is 0 Å². The molecule has 33 heavy (non-hydrogen) atoms. The van der Waals surface area contributed by atoms with Crippen LogP contribution in [0, 0.1) is 0 Å². The number of amides is 1. The van der Waals surface area contributed by atoms with Gasteiger partial charge in [-0.3, -0.25) is 4.79 Å². The lowest BCUT2D eigenvalue weighted by atomic mass is 9.94. The Kier molecular flexibility index (Phi) is 10.9. The first-order valence-electron chi connectivity index (χ1n) is 10.6. The van der Waals surface area contributed by atoms with Gasteiger partial charge in [-0.2, -0.15) is 0 Å². The SMILES string of the molecule is CC(C)(C)c1cnc(CSc2cnc(NC(=O)Cc3ccc(CCNCCO)cc3)s2)o1.Cl. The van der Waals surface area contributed by atoms with Gasteiger partial charge >= 0.3 is 0 Å². The number of aromatic nitrogens is 2. The highest BCUT2D eigenvalue weighted by atomic mass is 35.5. The largest absolute Gasteiger partial charge is 0.444 e. The Balaban J connectivity index is 0.00000385. The van der Waals surface area contributed by atoms with Crippen molar-refractivity contribution in [2.24, 2.45) is 0 Å². The Bertz CT molecular complexity index is 1000. The van der Waals surface area contributed by atoms with Crippen LogP contribution in [-0.2, 0) is 28.8 Å². The van der Waals surface area contributed by atoms with Crippen LogP contribution in [0.4, 0.5) is 5.13 Å². The van der Waals surface area contributed by atoms with E-state index in [-0.39, 0.29) is 30.3 Å². The Morgan fingerprint density at radius 3 is 2.52 bits per heavy atom. The van der Waals surface area contributed by atoms with E-state index in [9.17, 15) is 4.79 Å². The summed E-state index contributed by atoms with van der Waals surface area (Å²) in [7, 11) is 0. The van der Waals surface area contributed by atoms with Gasteiger partial charge in [0.1, 0.15) is 5.76 Å². The van der Waals surface area contributed by atoms with Gasteiger partial charge in [-0.25, -0.2) is 9.97 Å². The molecule has 0 spiro atoms. The van der Waals surface area contributed by atoms with Gasteiger partial charge in [-0.15, -0.1) is 24.2 Å². The number of benzene rings is 1. The van der Waals surface area contributed by atoms with Gasteiger partial charge in [0, 0.05) is 12.0 Å². The number of rotatable bonds is 11. The van der Waals surface area contributed by atoms with Gasteiger partial charge in [0.25, 0.3) is 0 Å². The van der Waals surface area contributed by atoms with Crippen molar-refractivity contribution in [2.75, 3.05) is 25.0 Å². The third kappa shape index (κ3) is 9.10. The van der Waals surface area contributed by atoms with Gasteiger partial charge in [-0.1, -0.05) is 56.4 Å². The van der Waals surface area contributed by atoms with Gasteiger partial charge < -0.3 is 20.2 Å². The number of oxazole rings is 1. The lowest BCUT2D eigenvalue weighted by Gasteiger charge is -2.12. The summed E-state index contributed by atoms with van der Waals surface area (Å²) < 4.78 is 6.81. The number of anilines is 1. The maximum atomic E-state index is 12.4. The molecule has 7 nitrogen and oxygen atoms in total. The van der Waals surface area contributed by atoms with Crippen LogP contribution < -0.4 is 10.6 Å². The minimum Gasteiger partial charge on any atom is -0.444 e. The van der Waals surface area contributed by atoms with Crippen molar-refractivity contribution in [2.45, 2.75) is 49.0 Å². The lowest BCUT2D eigenvalue weighted by Crippen LogP contribution is -2.20. The molecule has 0 unspecified atom stereocenters. The third-order valence-corrected chi connectivity index (χ3v) is 6.72. The molecule has 0 fully saturated rings. The second-order valence-electron chi connectivity index (χ2n) is 8.41. The zero-order valence-electron chi connectivity index (χ0n) is 19.1. The minimum absolute atomic E-state index is 0. The summed E-state index contributed by atoms with van der Waals surface area (Å²) in [5, 5.41) is 15.4. The maximum absolute atomic E-state index is 12.4. The summed E-state index contributed by atoms with van der Waals surface area (Å²) in [5.41, 5.74) is 2.09. The number of carbonyl (C=O) groups excluding carboxylic acids is 1. The normalized spacial score (nSPS) is 11.3. The first kappa shape index (κ1) is 27.3. The molecule has 0 aliphatic rings. The second-order valence-corrected chi connectivity index (χ2v) is 10.7. The molecule has 1 amide bonds. The van der Waals surface area contributed by atoms with Gasteiger partial charge in [0.2, 0.25) is 11.8 Å². The molecule has 3 aromatic rings. The van der Waals surface area contributed by atoms with E-state index < -0.39 is 0 Å². The number of nitrogens with one attached hydrogen (secondary N) is 2. The lowest BCUT2D eigenvalue weighted by molar-refractivity contribution is -0.115. The molecule has 1 aromatic carbocycles. The fraction of sp³-hybridized carbons (Fsp3) is 0.435. The van der Waals surface area contributed by atoms with Crippen molar-refractivity contribution in [3.05, 3.63) is 59.4 Å². The molecule has 0 aliphatic heterocycles.